The molecular formula is C17H21N3OS. The van der Waals surface area contributed by atoms with Gasteiger partial charge in [-0.15, -0.1) is 11.3 Å². The number of nitrogens with one attached hydrogen (secondary N) is 2. The first kappa shape index (κ1) is 15.2. The minimum atomic E-state index is -0.00523. The fourth-order valence-corrected chi connectivity index (χ4v) is 3.37. The molecule has 2 heterocycles. The molecule has 5 heteroatoms. The average molecular weight is 315 g/mol. The highest BCUT2D eigenvalue weighted by Crippen LogP contribution is 2.22. The Morgan fingerprint density at radius 3 is 3.05 bits per heavy atom. The molecule has 1 fully saturated rings. The fourth-order valence-electron chi connectivity index (χ4n) is 2.75. The summed E-state index contributed by atoms with van der Waals surface area (Å²) in [5, 5.41) is 9.55. The number of aromatic nitrogens is 1. The maximum absolute atomic E-state index is 12.5. The molecule has 3 rings (SSSR count). The zero-order chi connectivity index (χ0) is 15.5. The van der Waals surface area contributed by atoms with Crippen LogP contribution in [0.4, 0.5) is 0 Å². The van der Waals surface area contributed by atoms with Crippen molar-refractivity contribution in [2.75, 3.05) is 13.1 Å². The molecule has 2 unspecified atom stereocenters. The molecule has 2 N–H and O–H groups in total. The molecule has 0 aliphatic carbocycles. The first-order valence-electron chi connectivity index (χ1n) is 7.67. The molecule has 1 aromatic carbocycles. The van der Waals surface area contributed by atoms with Crippen LogP contribution < -0.4 is 10.6 Å². The molecule has 0 spiro atoms. The lowest BCUT2D eigenvalue weighted by Gasteiger charge is -2.30. The number of aryl methyl sites for hydroxylation is 1. The van der Waals surface area contributed by atoms with Gasteiger partial charge in [-0.3, -0.25) is 4.79 Å². The van der Waals surface area contributed by atoms with Crippen molar-refractivity contribution in [3.8, 4) is 11.3 Å². The summed E-state index contributed by atoms with van der Waals surface area (Å²) in [5.74, 6) is 0.504. The lowest BCUT2D eigenvalue weighted by Crippen LogP contribution is -2.50. The molecule has 4 nitrogen and oxygen atoms in total. The van der Waals surface area contributed by atoms with Gasteiger partial charge in [-0.25, -0.2) is 4.98 Å². The van der Waals surface area contributed by atoms with Gasteiger partial charge in [-0.05, 0) is 37.9 Å². The van der Waals surface area contributed by atoms with Gasteiger partial charge < -0.3 is 10.6 Å². The Hall–Kier alpha value is -1.72. The number of thiazole rings is 1. The Bertz CT molecular complexity index is 667. The molecular weight excluding hydrogens is 294 g/mol. The van der Waals surface area contributed by atoms with Gasteiger partial charge in [-0.1, -0.05) is 19.1 Å². The zero-order valence-electron chi connectivity index (χ0n) is 12.9. The van der Waals surface area contributed by atoms with Gasteiger partial charge in [0.25, 0.3) is 5.91 Å². The van der Waals surface area contributed by atoms with Crippen LogP contribution in [0.25, 0.3) is 11.3 Å². The Morgan fingerprint density at radius 1 is 1.45 bits per heavy atom. The van der Waals surface area contributed by atoms with Crippen LogP contribution in [0.1, 0.15) is 28.7 Å². The second kappa shape index (κ2) is 6.58. The van der Waals surface area contributed by atoms with Crippen molar-refractivity contribution in [2.24, 2.45) is 5.92 Å². The second-order valence-electron chi connectivity index (χ2n) is 5.88. The predicted octanol–water partition coefficient (Wildman–Crippen LogP) is 2.85. The number of hydrogen-bond donors (Lipinski definition) is 2. The van der Waals surface area contributed by atoms with E-state index in [1.165, 1.54) is 0 Å². The maximum atomic E-state index is 12.5. The summed E-state index contributed by atoms with van der Waals surface area (Å²) < 4.78 is 0. The molecule has 2 aromatic rings. The van der Waals surface area contributed by atoms with Crippen LogP contribution in [0.3, 0.4) is 0 Å². The smallest absolute Gasteiger partial charge is 0.251 e. The Labute approximate surface area is 135 Å². The van der Waals surface area contributed by atoms with E-state index in [9.17, 15) is 4.79 Å². The van der Waals surface area contributed by atoms with E-state index in [1.807, 2.05) is 36.6 Å². The minimum Gasteiger partial charge on any atom is -0.348 e. The highest BCUT2D eigenvalue weighted by molar-refractivity contribution is 7.09. The summed E-state index contributed by atoms with van der Waals surface area (Å²) in [5.41, 5.74) is 2.62. The van der Waals surface area contributed by atoms with Crippen molar-refractivity contribution in [3.05, 3.63) is 40.2 Å². The Balaban J connectivity index is 1.75. The fraction of sp³-hybridized carbons (Fsp3) is 0.412. The van der Waals surface area contributed by atoms with Crippen molar-refractivity contribution in [1.82, 2.24) is 15.6 Å². The van der Waals surface area contributed by atoms with Gasteiger partial charge >= 0.3 is 0 Å². The monoisotopic (exact) mass is 315 g/mol. The molecule has 1 amide bonds. The predicted molar refractivity (Wildman–Crippen MR) is 90.2 cm³/mol. The second-order valence-corrected chi connectivity index (χ2v) is 6.94. The van der Waals surface area contributed by atoms with Crippen molar-refractivity contribution in [1.29, 1.82) is 0 Å². The maximum Gasteiger partial charge on any atom is 0.251 e. The van der Waals surface area contributed by atoms with Crippen LogP contribution >= 0.6 is 11.3 Å². The van der Waals surface area contributed by atoms with Gasteiger partial charge in [0.15, 0.2) is 0 Å². The van der Waals surface area contributed by atoms with E-state index in [1.54, 1.807) is 11.3 Å². The molecule has 0 bridgehead atoms. The van der Waals surface area contributed by atoms with Crippen LogP contribution in [0.15, 0.2) is 29.6 Å². The molecule has 22 heavy (non-hydrogen) atoms. The molecule has 116 valence electrons. The van der Waals surface area contributed by atoms with Gasteiger partial charge in [0.05, 0.1) is 10.7 Å². The lowest BCUT2D eigenvalue weighted by molar-refractivity contribution is 0.0915. The van der Waals surface area contributed by atoms with Crippen LogP contribution in [0.2, 0.25) is 0 Å². The number of rotatable bonds is 3. The van der Waals surface area contributed by atoms with Crippen LogP contribution in [-0.4, -0.2) is 30.0 Å². The summed E-state index contributed by atoms with van der Waals surface area (Å²) in [6.45, 7) is 6.06. The molecule has 0 radical (unpaired) electrons. The largest absolute Gasteiger partial charge is 0.348 e. The molecule has 0 saturated carbocycles. The number of hydrogen-bond acceptors (Lipinski definition) is 4. The molecule has 1 aliphatic rings. The normalized spacial score (nSPS) is 21.5. The molecule has 2 atom stereocenters. The number of carbonyl (C=O) groups excluding carboxylic acids is 1. The number of carbonyl (C=O) groups is 1. The average Bonchev–Trinajstić information content (AvgIpc) is 2.96. The van der Waals surface area contributed by atoms with Gasteiger partial charge in [-0.2, -0.15) is 0 Å². The van der Waals surface area contributed by atoms with Crippen LogP contribution in [0, 0.1) is 12.8 Å². The van der Waals surface area contributed by atoms with E-state index >= 15 is 0 Å². The summed E-state index contributed by atoms with van der Waals surface area (Å²) in [4.78, 5) is 17.0. The van der Waals surface area contributed by atoms with E-state index in [2.05, 4.69) is 22.5 Å². The van der Waals surface area contributed by atoms with E-state index in [4.69, 9.17) is 0 Å². The Kier molecular flexibility index (Phi) is 4.55. The summed E-state index contributed by atoms with van der Waals surface area (Å²) in [6, 6.07) is 7.90. The van der Waals surface area contributed by atoms with E-state index in [0.717, 1.165) is 35.8 Å². The third kappa shape index (κ3) is 3.36. The van der Waals surface area contributed by atoms with Crippen LogP contribution in [0.5, 0.6) is 0 Å². The highest BCUT2D eigenvalue weighted by atomic mass is 32.1. The highest BCUT2D eigenvalue weighted by Gasteiger charge is 2.23. The molecule has 1 aromatic heterocycles. The number of amides is 1. The van der Waals surface area contributed by atoms with E-state index in [-0.39, 0.29) is 11.9 Å². The molecule has 1 saturated heterocycles. The van der Waals surface area contributed by atoms with Gasteiger partial charge in [0.1, 0.15) is 0 Å². The van der Waals surface area contributed by atoms with Crippen molar-refractivity contribution < 1.29 is 4.79 Å². The molecule has 1 aliphatic heterocycles. The van der Waals surface area contributed by atoms with Gasteiger partial charge in [0.2, 0.25) is 0 Å². The van der Waals surface area contributed by atoms with Crippen molar-refractivity contribution in [2.45, 2.75) is 26.3 Å². The summed E-state index contributed by atoms with van der Waals surface area (Å²) >= 11 is 1.62. The third-order valence-corrected chi connectivity index (χ3v) is 4.96. The van der Waals surface area contributed by atoms with E-state index in [0.29, 0.717) is 11.5 Å². The lowest BCUT2D eigenvalue weighted by atomic mass is 9.94. The first-order valence-corrected chi connectivity index (χ1v) is 8.55. The number of piperidine rings is 1. The summed E-state index contributed by atoms with van der Waals surface area (Å²) in [7, 11) is 0. The third-order valence-electron chi connectivity index (χ3n) is 4.18. The Morgan fingerprint density at radius 2 is 2.32 bits per heavy atom. The minimum absolute atomic E-state index is 0.00523. The topological polar surface area (TPSA) is 54.0 Å². The van der Waals surface area contributed by atoms with Gasteiger partial charge in [0, 0.05) is 29.1 Å². The van der Waals surface area contributed by atoms with E-state index < -0.39 is 0 Å². The summed E-state index contributed by atoms with van der Waals surface area (Å²) in [6.07, 6.45) is 1.10. The van der Waals surface area contributed by atoms with Crippen LogP contribution in [-0.2, 0) is 0 Å². The number of nitrogens with zero attached hydrogens (tertiary/aromatic N) is 1. The first-order chi connectivity index (χ1) is 10.6. The number of benzene rings is 1. The van der Waals surface area contributed by atoms with Crippen molar-refractivity contribution >= 4 is 17.2 Å². The van der Waals surface area contributed by atoms with Crippen molar-refractivity contribution in [3.63, 3.8) is 0 Å². The zero-order valence-corrected chi connectivity index (χ0v) is 13.7. The standard InChI is InChI=1S/C17H21N3OS/c1-11-6-7-18-9-15(11)20-17(21)14-5-3-4-13(8-14)16-10-22-12(2)19-16/h3-5,8,10-11,15,18H,6-7,9H2,1-2H3,(H,20,21). The SMILES string of the molecule is Cc1nc(-c2cccc(C(=O)NC3CNCCC3C)c2)cs1. The quantitative estimate of drug-likeness (QED) is 0.916.